The second-order valence-corrected chi connectivity index (χ2v) is 6.04. The number of carbonyl (C=O) groups is 2. The van der Waals surface area contributed by atoms with Gasteiger partial charge in [-0.15, -0.1) is 0 Å². The Morgan fingerprint density at radius 1 is 1.28 bits per heavy atom. The summed E-state index contributed by atoms with van der Waals surface area (Å²) in [5, 5.41) is 5.51. The van der Waals surface area contributed by atoms with Gasteiger partial charge in [0.1, 0.15) is 5.75 Å². The summed E-state index contributed by atoms with van der Waals surface area (Å²) in [7, 11) is 1.62. The molecule has 138 valence electrons. The number of nitrogens with zero attached hydrogens (tertiary/aromatic N) is 1. The Kier molecular flexibility index (Phi) is 7.53. The smallest absolute Gasteiger partial charge is 0.317 e. The molecule has 0 saturated carbocycles. The number of benzene rings is 1. The highest BCUT2D eigenvalue weighted by atomic mass is 16.5. The van der Waals surface area contributed by atoms with Gasteiger partial charge in [0.15, 0.2) is 0 Å². The molecule has 0 bridgehead atoms. The first-order valence-corrected chi connectivity index (χ1v) is 8.61. The second-order valence-electron chi connectivity index (χ2n) is 6.04. The van der Waals surface area contributed by atoms with Crippen LogP contribution in [0.3, 0.4) is 0 Å². The summed E-state index contributed by atoms with van der Waals surface area (Å²) in [4.78, 5) is 25.2. The molecule has 3 amide bonds. The van der Waals surface area contributed by atoms with E-state index >= 15 is 0 Å². The number of amides is 3. The van der Waals surface area contributed by atoms with E-state index in [1.165, 1.54) is 6.92 Å². The zero-order valence-corrected chi connectivity index (χ0v) is 14.9. The Balaban J connectivity index is 1.98. The third-order valence-corrected chi connectivity index (χ3v) is 4.06. The normalized spacial score (nSPS) is 16.3. The van der Waals surface area contributed by atoms with Crippen molar-refractivity contribution in [2.24, 2.45) is 0 Å². The van der Waals surface area contributed by atoms with Crippen molar-refractivity contribution in [1.29, 1.82) is 0 Å². The molecule has 1 fully saturated rings. The monoisotopic (exact) mass is 349 g/mol. The van der Waals surface area contributed by atoms with Gasteiger partial charge in [-0.3, -0.25) is 4.79 Å². The van der Waals surface area contributed by atoms with Crippen LogP contribution in [0.15, 0.2) is 24.3 Å². The molecule has 1 aliphatic heterocycles. The van der Waals surface area contributed by atoms with Crippen LogP contribution in [0, 0.1) is 0 Å². The predicted octanol–water partition coefficient (Wildman–Crippen LogP) is 1.52. The zero-order chi connectivity index (χ0) is 18.1. The van der Waals surface area contributed by atoms with Gasteiger partial charge in [-0.25, -0.2) is 4.79 Å². The number of ether oxygens (including phenoxy) is 2. The van der Waals surface area contributed by atoms with Crippen molar-refractivity contribution in [3.63, 3.8) is 0 Å². The Bertz CT molecular complexity index is 573. The van der Waals surface area contributed by atoms with Crippen LogP contribution in [-0.2, 0) is 16.1 Å². The van der Waals surface area contributed by atoms with Gasteiger partial charge < -0.3 is 25.0 Å². The number of nitrogens with one attached hydrogen (secondary N) is 2. The number of para-hydroxylation sites is 1. The number of rotatable bonds is 8. The minimum absolute atomic E-state index is 0.0656. The van der Waals surface area contributed by atoms with Crippen molar-refractivity contribution >= 4 is 11.9 Å². The molecule has 0 aromatic heterocycles. The van der Waals surface area contributed by atoms with E-state index in [-0.39, 0.29) is 18.0 Å². The zero-order valence-electron chi connectivity index (χ0n) is 14.9. The van der Waals surface area contributed by atoms with Crippen LogP contribution >= 0.6 is 0 Å². The van der Waals surface area contributed by atoms with Crippen LogP contribution in [0.5, 0.6) is 5.75 Å². The third-order valence-electron chi connectivity index (χ3n) is 4.06. The van der Waals surface area contributed by atoms with Gasteiger partial charge in [0, 0.05) is 38.7 Å². The van der Waals surface area contributed by atoms with E-state index in [4.69, 9.17) is 9.47 Å². The Labute approximate surface area is 148 Å². The molecule has 7 heteroatoms. The molecule has 1 aromatic rings. The first kappa shape index (κ1) is 19.1. The minimum atomic E-state index is -0.174. The molecule has 25 heavy (non-hydrogen) atoms. The third kappa shape index (κ3) is 6.26. The maximum atomic E-state index is 12.6. The first-order valence-electron chi connectivity index (χ1n) is 8.61. The van der Waals surface area contributed by atoms with Crippen molar-refractivity contribution in [3.8, 4) is 5.75 Å². The molecular weight excluding hydrogens is 322 g/mol. The fraction of sp³-hybridized carbons (Fsp3) is 0.556. The fourth-order valence-electron chi connectivity index (χ4n) is 2.81. The van der Waals surface area contributed by atoms with E-state index < -0.39 is 0 Å². The largest absolute Gasteiger partial charge is 0.496 e. The molecule has 1 aliphatic rings. The Hall–Kier alpha value is -2.28. The topological polar surface area (TPSA) is 79.9 Å². The van der Waals surface area contributed by atoms with Crippen LogP contribution in [0.1, 0.15) is 25.3 Å². The first-order chi connectivity index (χ1) is 12.1. The highest BCUT2D eigenvalue weighted by molar-refractivity contribution is 5.75. The van der Waals surface area contributed by atoms with Gasteiger partial charge in [-0.05, 0) is 18.9 Å². The highest BCUT2D eigenvalue weighted by Crippen LogP contribution is 2.21. The number of hydrogen-bond acceptors (Lipinski definition) is 4. The van der Waals surface area contributed by atoms with Crippen LogP contribution in [0.4, 0.5) is 4.79 Å². The minimum Gasteiger partial charge on any atom is -0.496 e. The number of methoxy groups -OCH3 is 1. The van der Waals surface area contributed by atoms with Crippen molar-refractivity contribution in [3.05, 3.63) is 29.8 Å². The Morgan fingerprint density at radius 3 is 2.72 bits per heavy atom. The summed E-state index contributed by atoms with van der Waals surface area (Å²) in [6.07, 6.45) is 2.05. The van der Waals surface area contributed by atoms with Crippen LogP contribution < -0.4 is 15.4 Å². The second kappa shape index (κ2) is 9.88. The molecule has 1 heterocycles. The quantitative estimate of drug-likeness (QED) is 0.698. The molecule has 1 aromatic carbocycles. The van der Waals surface area contributed by atoms with E-state index in [1.54, 1.807) is 12.0 Å². The maximum absolute atomic E-state index is 12.6. The van der Waals surface area contributed by atoms with Gasteiger partial charge in [-0.1, -0.05) is 18.2 Å². The van der Waals surface area contributed by atoms with E-state index in [9.17, 15) is 9.59 Å². The lowest BCUT2D eigenvalue weighted by molar-refractivity contribution is -0.118. The molecule has 2 N–H and O–H groups in total. The number of hydrogen-bond donors (Lipinski definition) is 2. The average Bonchev–Trinajstić information content (AvgIpc) is 3.11. The van der Waals surface area contributed by atoms with Gasteiger partial charge >= 0.3 is 6.03 Å². The standard InChI is InChI=1S/C18H27N3O4/c1-14(22)19-9-10-20-18(23)21(13-16-7-5-11-25-16)12-15-6-3-4-8-17(15)24-2/h3-4,6,8,16H,5,7,9-13H2,1-2H3,(H,19,22)(H,20,23)/t16-/m1/s1. The molecule has 0 spiro atoms. The molecule has 2 rings (SSSR count). The summed E-state index contributed by atoms with van der Waals surface area (Å²) in [6, 6.07) is 7.49. The summed E-state index contributed by atoms with van der Waals surface area (Å²) < 4.78 is 11.1. The summed E-state index contributed by atoms with van der Waals surface area (Å²) in [5.74, 6) is 0.644. The van der Waals surface area contributed by atoms with Gasteiger partial charge in [0.05, 0.1) is 19.8 Å². The molecule has 0 radical (unpaired) electrons. The molecule has 1 saturated heterocycles. The fourth-order valence-corrected chi connectivity index (χ4v) is 2.81. The van der Waals surface area contributed by atoms with Crippen molar-refractivity contribution < 1.29 is 19.1 Å². The Morgan fingerprint density at radius 2 is 2.04 bits per heavy atom. The molecule has 0 unspecified atom stereocenters. The number of urea groups is 1. The van der Waals surface area contributed by atoms with Crippen LogP contribution in [0.2, 0.25) is 0 Å². The van der Waals surface area contributed by atoms with Gasteiger partial charge in [-0.2, -0.15) is 0 Å². The van der Waals surface area contributed by atoms with Crippen molar-refractivity contribution in [2.45, 2.75) is 32.4 Å². The van der Waals surface area contributed by atoms with E-state index in [1.807, 2.05) is 24.3 Å². The summed E-state index contributed by atoms with van der Waals surface area (Å²) in [5.41, 5.74) is 0.944. The number of carbonyl (C=O) groups excluding carboxylic acids is 2. The SMILES string of the molecule is COc1ccccc1CN(C[C@H]1CCCO1)C(=O)NCCNC(C)=O. The maximum Gasteiger partial charge on any atom is 0.317 e. The molecular formula is C18H27N3O4. The van der Waals surface area contributed by atoms with Crippen LogP contribution in [-0.4, -0.2) is 56.3 Å². The average molecular weight is 349 g/mol. The van der Waals surface area contributed by atoms with E-state index in [0.717, 1.165) is 30.8 Å². The highest BCUT2D eigenvalue weighted by Gasteiger charge is 2.23. The van der Waals surface area contributed by atoms with E-state index in [0.29, 0.717) is 26.2 Å². The van der Waals surface area contributed by atoms with Crippen molar-refractivity contribution in [2.75, 3.05) is 33.4 Å². The van der Waals surface area contributed by atoms with E-state index in [2.05, 4.69) is 10.6 Å². The molecule has 0 aliphatic carbocycles. The predicted molar refractivity (Wildman–Crippen MR) is 94.5 cm³/mol. The lowest BCUT2D eigenvalue weighted by Crippen LogP contribution is -2.45. The van der Waals surface area contributed by atoms with Crippen molar-refractivity contribution in [1.82, 2.24) is 15.5 Å². The van der Waals surface area contributed by atoms with Gasteiger partial charge in [0.25, 0.3) is 0 Å². The van der Waals surface area contributed by atoms with Gasteiger partial charge in [0.2, 0.25) is 5.91 Å². The lowest BCUT2D eigenvalue weighted by atomic mass is 10.1. The molecule has 7 nitrogen and oxygen atoms in total. The summed E-state index contributed by atoms with van der Waals surface area (Å²) >= 11 is 0. The molecule has 1 atom stereocenters. The summed E-state index contributed by atoms with van der Waals surface area (Å²) in [6.45, 7) is 3.96. The van der Waals surface area contributed by atoms with Crippen LogP contribution in [0.25, 0.3) is 0 Å². The lowest BCUT2D eigenvalue weighted by Gasteiger charge is -2.26.